The first kappa shape index (κ1) is 13.3. The number of ether oxygens (including phenoxy) is 1. The van der Waals surface area contributed by atoms with E-state index in [2.05, 4.69) is 4.74 Å². The number of carbonyl (C=O) groups is 2. The maximum absolute atomic E-state index is 11.9. The molecule has 96 valence electrons. The number of alkyl halides is 2. The third kappa shape index (κ3) is 0.904. The molecule has 9 heteroatoms. The minimum absolute atomic E-state index is 0.172. The first-order valence-electron chi connectivity index (χ1n) is 4.45. The lowest BCUT2D eigenvalue weighted by Gasteiger charge is -2.18. The van der Waals surface area contributed by atoms with Gasteiger partial charge in [0, 0.05) is 0 Å². The van der Waals surface area contributed by atoms with Gasteiger partial charge in [0.05, 0.1) is 20.1 Å². The summed E-state index contributed by atoms with van der Waals surface area (Å²) in [4.78, 5) is 23.8. The van der Waals surface area contributed by atoms with Crippen LogP contribution in [-0.4, -0.2) is 16.3 Å². The average Bonchev–Trinajstić information content (AvgIpc) is 2.63. The van der Waals surface area contributed by atoms with Crippen LogP contribution in [-0.2, 0) is 14.3 Å². The van der Waals surface area contributed by atoms with Crippen molar-refractivity contribution < 1.29 is 14.3 Å². The van der Waals surface area contributed by atoms with Crippen molar-refractivity contribution in [3.63, 3.8) is 0 Å². The van der Waals surface area contributed by atoms with Crippen molar-refractivity contribution in [3.05, 3.63) is 20.1 Å². The van der Waals surface area contributed by atoms with Gasteiger partial charge in [0.25, 0.3) is 0 Å². The van der Waals surface area contributed by atoms with Crippen LogP contribution < -0.4 is 0 Å². The zero-order valence-electron chi connectivity index (χ0n) is 7.99. The van der Waals surface area contributed by atoms with Crippen LogP contribution in [0.1, 0.15) is 0 Å². The van der Waals surface area contributed by atoms with Gasteiger partial charge < -0.3 is 4.74 Å². The summed E-state index contributed by atoms with van der Waals surface area (Å²) in [6.45, 7) is 0. The fraction of sp³-hybridized carbons (Fsp3) is 0.333. The smallest absolute Gasteiger partial charge is 0.330 e. The van der Waals surface area contributed by atoms with Gasteiger partial charge in [-0.25, -0.2) is 0 Å². The molecule has 0 N–H and O–H groups in total. The molecule has 18 heavy (non-hydrogen) atoms. The van der Waals surface area contributed by atoms with Gasteiger partial charge in [0.1, 0.15) is 0 Å². The van der Waals surface area contributed by atoms with Crippen LogP contribution in [0.15, 0.2) is 20.1 Å². The van der Waals surface area contributed by atoms with E-state index < -0.39 is 27.1 Å². The van der Waals surface area contributed by atoms with Crippen LogP contribution in [0.3, 0.4) is 0 Å². The molecule has 3 nitrogen and oxygen atoms in total. The number of carbonyl (C=O) groups excluding carboxylic acids is 2. The third-order valence-corrected chi connectivity index (χ3v) is 6.60. The molecule has 0 aromatic rings. The number of cyclic esters (lactones) is 2. The Hall–Kier alpha value is 0.360. The molecule has 0 aromatic heterocycles. The molecule has 0 aromatic carbocycles. The summed E-state index contributed by atoms with van der Waals surface area (Å²) in [5, 5.41) is -0.818. The summed E-state index contributed by atoms with van der Waals surface area (Å²) in [5.41, 5.74) is -3.59. The maximum Gasteiger partial charge on any atom is 0.330 e. The zero-order chi connectivity index (χ0) is 13.7. The van der Waals surface area contributed by atoms with Crippen molar-refractivity contribution in [3.8, 4) is 0 Å². The number of hydrogen-bond acceptors (Lipinski definition) is 3. The minimum Gasteiger partial charge on any atom is -0.392 e. The molecule has 1 saturated carbocycles. The number of rotatable bonds is 0. The number of hydrogen-bond donors (Lipinski definition) is 0. The van der Waals surface area contributed by atoms with Crippen molar-refractivity contribution >= 4 is 81.5 Å². The molecular formula is C9Cl6O3. The minimum atomic E-state index is -1.86. The number of halogens is 6. The second kappa shape index (κ2) is 3.33. The Labute approximate surface area is 131 Å². The van der Waals surface area contributed by atoms with E-state index in [9.17, 15) is 9.59 Å². The summed E-state index contributed by atoms with van der Waals surface area (Å²) in [6, 6.07) is 0. The maximum atomic E-state index is 11.9. The van der Waals surface area contributed by atoms with E-state index in [0.29, 0.717) is 0 Å². The standard InChI is InChI=1S/C9Cl6O3/c10-1-2(11)4(13)8-6(17)18-5(16)7(8,3(1)12)9(8,14)15. The Morgan fingerprint density at radius 2 is 1.11 bits per heavy atom. The van der Waals surface area contributed by atoms with E-state index in [0.717, 1.165) is 0 Å². The van der Waals surface area contributed by atoms with Crippen molar-refractivity contribution in [2.24, 2.45) is 10.8 Å². The predicted molar refractivity (Wildman–Crippen MR) is 67.9 cm³/mol. The Morgan fingerprint density at radius 1 is 0.778 bits per heavy atom. The van der Waals surface area contributed by atoms with Gasteiger partial charge in [-0.05, 0) is 0 Å². The monoisotopic (exact) mass is 366 g/mol. The summed E-state index contributed by atoms with van der Waals surface area (Å²) in [6.07, 6.45) is 0. The zero-order valence-corrected chi connectivity index (χ0v) is 12.5. The fourth-order valence-electron chi connectivity index (χ4n) is 2.59. The quantitative estimate of drug-likeness (QED) is 0.372. The molecule has 2 atom stereocenters. The van der Waals surface area contributed by atoms with E-state index in [4.69, 9.17) is 69.6 Å². The Balaban J connectivity index is 2.46. The molecular weight excluding hydrogens is 369 g/mol. The van der Waals surface area contributed by atoms with Gasteiger partial charge in [-0.3, -0.25) is 9.59 Å². The SMILES string of the molecule is O=C1OC(=O)C23C(Cl)=C(Cl)C(Cl)=C(Cl)C12C3(Cl)Cl. The Morgan fingerprint density at radius 3 is 1.44 bits per heavy atom. The molecule has 1 saturated heterocycles. The highest BCUT2D eigenvalue weighted by atomic mass is 35.5. The lowest BCUT2D eigenvalue weighted by molar-refractivity contribution is -0.157. The molecule has 2 fully saturated rings. The van der Waals surface area contributed by atoms with Crippen molar-refractivity contribution in [1.29, 1.82) is 0 Å². The van der Waals surface area contributed by atoms with Gasteiger partial charge in [-0.2, -0.15) is 0 Å². The summed E-state index contributed by atoms with van der Waals surface area (Å²) in [5.74, 6) is -1.97. The second-order valence-electron chi connectivity index (χ2n) is 4.01. The van der Waals surface area contributed by atoms with Crippen LogP contribution in [0.25, 0.3) is 0 Å². The first-order valence-corrected chi connectivity index (χ1v) is 6.72. The summed E-state index contributed by atoms with van der Waals surface area (Å²) < 4.78 is 2.66. The predicted octanol–water partition coefficient (Wildman–Crippen LogP) is 3.62. The molecule has 2 aliphatic carbocycles. The van der Waals surface area contributed by atoms with Gasteiger partial charge >= 0.3 is 11.9 Å². The fourth-order valence-corrected chi connectivity index (χ4v) is 5.42. The molecule has 3 aliphatic rings. The number of allylic oxidation sites excluding steroid dienone is 2. The van der Waals surface area contributed by atoms with Gasteiger partial charge in [0.2, 0.25) is 0 Å². The largest absolute Gasteiger partial charge is 0.392 e. The molecule has 2 unspecified atom stereocenters. The number of esters is 2. The molecule has 1 aliphatic heterocycles. The second-order valence-corrected chi connectivity index (χ2v) is 6.85. The highest BCUT2D eigenvalue weighted by Gasteiger charge is 3.02. The molecule has 1 heterocycles. The van der Waals surface area contributed by atoms with Gasteiger partial charge in [-0.15, -0.1) is 0 Å². The van der Waals surface area contributed by atoms with Crippen LogP contribution in [0.2, 0.25) is 0 Å². The molecule has 3 rings (SSSR count). The summed E-state index contributed by atoms with van der Waals surface area (Å²) in [7, 11) is 0. The van der Waals surface area contributed by atoms with E-state index in [1.165, 1.54) is 0 Å². The van der Waals surface area contributed by atoms with Crippen LogP contribution in [0, 0.1) is 10.8 Å². The average molecular weight is 369 g/mol. The Kier molecular flexibility index (Phi) is 2.47. The van der Waals surface area contributed by atoms with Crippen molar-refractivity contribution in [1.82, 2.24) is 0 Å². The van der Waals surface area contributed by atoms with E-state index in [1.807, 2.05) is 0 Å². The van der Waals surface area contributed by atoms with Gasteiger partial charge in [0.15, 0.2) is 15.2 Å². The highest BCUT2D eigenvalue weighted by molar-refractivity contribution is 6.64. The normalized spacial score (nSPS) is 40.8. The topological polar surface area (TPSA) is 43.4 Å². The van der Waals surface area contributed by atoms with Crippen LogP contribution in [0.5, 0.6) is 0 Å². The first-order chi connectivity index (χ1) is 8.19. The molecule has 0 radical (unpaired) electrons. The summed E-state index contributed by atoms with van der Waals surface area (Å²) >= 11 is 35.9. The molecule has 0 spiro atoms. The molecule has 0 bridgehead atoms. The Bertz CT molecular complexity index is 555. The third-order valence-electron chi connectivity index (χ3n) is 3.48. The van der Waals surface area contributed by atoms with Gasteiger partial charge in [-0.1, -0.05) is 69.6 Å². The van der Waals surface area contributed by atoms with Crippen molar-refractivity contribution in [2.45, 2.75) is 4.33 Å². The van der Waals surface area contributed by atoms with E-state index >= 15 is 0 Å². The lowest BCUT2D eigenvalue weighted by Crippen LogP contribution is -2.24. The lowest BCUT2D eigenvalue weighted by atomic mass is 9.90. The van der Waals surface area contributed by atoms with Crippen LogP contribution in [0.4, 0.5) is 0 Å². The van der Waals surface area contributed by atoms with E-state index in [1.54, 1.807) is 0 Å². The molecule has 0 amide bonds. The van der Waals surface area contributed by atoms with Crippen LogP contribution >= 0.6 is 69.6 Å². The van der Waals surface area contributed by atoms with E-state index in [-0.39, 0.29) is 20.1 Å². The highest BCUT2D eigenvalue weighted by Crippen LogP contribution is 2.89. The van der Waals surface area contributed by atoms with Crippen molar-refractivity contribution in [2.75, 3.05) is 0 Å².